The second-order valence-electron chi connectivity index (χ2n) is 5.25. The molecular weight excluding hydrogens is 315 g/mol. The molecule has 4 rings (SSSR count). The number of pyridine rings is 2. The summed E-state index contributed by atoms with van der Waals surface area (Å²) in [6.45, 7) is 4.00. The van der Waals surface area contributed by atoms with Crippen molar-refractivity contribution in [2.75, 3.05) is 5.73 Å². The molecule has 5 heteroatoms. The van der Waals surface area contributed by atoms with Crippen LogP contribution in [0.5, 0.6) is 0 Å². The molecule has 0 radical (unpaired) electrons. The third kappa shape index (κ3) is 3.35. The Hall–Kier alpha value is -3.21. The second-order valence-corrected chi connectivity index (χ2v) is 5.25. The van der Waals surface area contributed by atoms with Gasteiger partial charge in [-0.3, -0.25) is 0 Å². The first kappa shape index (κ1) is 16.6. The van der Waals surface area contributed by atoms with E-state index in [1.165, 1.54) is 12.1 Å². The molecule has 0 atom stereocenters. The summed E-state index contributed by atoms with van der Waals surface area (Å²) in [6.07, 6.45) is 5.53. The number of nitrogens with two attached hydrogens (primary N) is 1. The van der Waals surface area contributed by atoms with Gasteiger partial charge in [-0.25, -0.2) is 14.4 Å². The van der Waals surface area contributed by atoms with E-state index < -0.39 is 0 Å². The van der Waals surface area contributed by atoms with E-state index in [4.69, 9.17) is 5.73 Å². The van der Waals surface area contributed by atoms with Crippen LogP contribution in [0.25, 0.3) is 28.0 Å². The highest BCUT2D eigenvalue weighted by Gasteiger charge is 2.09. The predicted molar refractivity (Wildman–Crippen MR) is 99.6 cm³/mol. The fourth-order valence-corrected chi connectivity index (χ4v) is 2.57. The Balaban J connectivity index is 0.000000880. The first-order chi connectivity index (χ1) is 12.2. The van der Waals surface area contributed by atoms with E-state index in [0.29, 0.717) is 5.82 Å². The van der Waals surface area contributed by atoms with Crippen LogP contribution in [0.15, 0.2) is 67.1 Å². The minimum atomic E-state index is -0.244. The first-order valence-electron chi connectivity index (χ1n) is 8.16. The number of rotatable bonds is 2. The van der Waals surface area contributed by atoms with Crippen LogP contribution in [0.2, 0.25) is 0 Å². The minimum Gasteiger partial charge on any atom is -0.383 e. The maximum atomic E-state index is 13.1. The summed E-state index contributed by atoms with van der Waals surface area (Å²) in [7, 11) is 0. The fourth-order valence-electron chi connectivity index (χ4n) is 2.57. The van der Waals surface area contributed by atoms with Gasteiger partial charge in [0.15, 0.2) is 0 Å². The summed E-state index contributed by atoms with van der Waals surface area (Å²) in [6, 6.07) is 14.0. The van der Waals surface area contributed by atoms with Gasteiger partial charge in [-0.15, -0.1) is 0 Å². The number of halogens is 1. The molecular formula is C20H19FN4. The van der Waals surface area contributed by atoms with Crippen molar-refractivity contribution in [2.24, 2.45) is 0 Å². The van der Waals surface area contributed by atoms with E-state index >= 15 is 0 Å². The molecule has 0 fully saturated rings. The molecule has 0 saturated carbocycles. The highest BCUT2D eigenvalue weighted by atomic mass is 19.1. The number of benzene rings is 1. The van der Waals surface area contributed by atoms with E-state index in [9.17, 15) is 4.39 Å². The van der Waals surface area contributed by atoms with E-state index in [2.05, 4.69) is 9.97 Å². The van der Waals surface area contributed by atoms with Crippen LogP contribution in [0, 0.1) is 5.82 Å². The molecule has 0 spiro atoms. The number of hydrogen-bond acceptors (Lipinski definition) is 3. The average molecular weight is 334 g/mol. The number of nitrogen functional groups attached to an aromatic ring is 1. The zero-order valence-electron chi connectivity index (χ0n) is 14.1. The lowest BCUT2D eigenvalue weighted by atomic mass is 10.1. The smallest absolute Gasteiger partial charge is 0.137 e. The van der Waals surface area contributed by atoms with E-state index in [0.717, 1.165) is 28.0 Å². The third-order valence-corrected chi connectivity index (χ3v) is 3.74. The summed E-state index contributed by atoms with van der Waals surface area (Å²) in [5.41, 5.74) is 10.2. The maximum absolute atomic E-state index is 13.1. The standard InChI is InChI=1S/C18H13FN4.C2H6/c19-14-6-3-12(4-7-14)13-5-8-17-22-16(11-23(17)10-13)15-2-1-9-21-18(15)20;1-2/h1-11H,(H2,20,21);1-2H3. The Labute approximate surface area is 145 Å². The molecule has 0 aliphatic heterocycles. The van der Waals surface area contributed by atoms with Crippen molar-refractivity contribution < 1.29 is 4.39 Å². The van der Waals surface area contributed by atoms with Crippen molar-refractivity contribution in [3.8, 4) is 22.4 Å². The summed E-state index contributed by atoms with van der Waals surface area (Å²) in [5.74, 6) is 0.210. The Morgan fingerprint density at radius 1 is 0.920 bits per heavy atom. The Morgan fingerprint density at radius 2 is 1.64 bits per heavy atom. The highest BCUT2D eigenvalue weighted by molar-refractivity contribution is 5.73. The monoisotopic (exact) mass is 334 g/mol. The molecule has 126 valence electrons. The van der Waals surface area contributed by atoms with Gasteiger partial charge in [-0.05, 0) is 47.5 Å². The molecule has 3 aromatic heterocycles. The van der Waals surface area contributed by atoms with Crippen molar-refractivity contribution >= 4 is 11.5 Å². The lowest BCUT2D eigenvalue weighted by Crippen LogP contribution is -1.92. The molecule has 4 aromatic rings. The Morgan fingerprint density at radius 3 is 2.36 bits per heavy atom. The Kier molecular flexibility index (Phi) is 4.75. The Bertz CT molecular complexity index is 990. The molecule has 0 bridgehead atoms. The van der Waals surface area contributed by atoms with E-state index in [1.54, 1.807) is 18.3 Å². The summed E-state index contributed by atoms with van der Waals surface area (Å²) < 4.78 is 15.0. The van der Waals surface area contributed by atoms with Crippen LogP contribution in [-0.4, -0.2) is 14.4 Å². The molecule has 2 N–H and O–H groups in total. The molecule has 3 heterocycles. The van der Waals surface area contributed by atoms with Gasteiger partial charge in [0.05, 0.1) is 5.69 Å². The SMILES string of the molecule is CC.Nc1ncccc1-c1cn2cc(-c3ccc(F)cc3)ccc2n1. The van der Waals surface area contributed by atoms with Crippen LogP contribution in [0.1, 0.15) is 13.8 Å². The molecule has 0 unspecified atom stereocenters. The quantitative estimate of drug-likeness (QED) is 0.572. The number of nitrogens with zero attached hydrogens (tertiary/aromatic N) is 3. The van der Waals surface area contributed by atoms with Crippen molar-refractivity contribution in [2.45, 2.75) is 13.8 Å². The lowest BCUT2D eigenvalue weighted by molar-refractivity contribution is 0.628. The zero-order chi connectivity index (χ0) is 17.8. The zero-order valence-corrected chi connectivity index (χ0v) is 14.1. The van der Waals surface area contributed by atoms with Crippen LogP contribution in [-0.2, 0) is 0 Å². The fraction of sp³-hybridized carbons (Fsp3) is 0.100. The second kappa shape index (κ2) is 7.13. The van der Waals surface area contributed by atoms with Crippen molar-refractivity contribution in [1.82, 2.24) is 14.4 Å². The number of imidazole rings is 1. The van der Waals surface area contributed by atoms with Crippen molar-refractivity contribution in [3.63, 3.8) is 0 Å². The maximum Gasteiger partial charge on any atom is 0.137 e. The number of fused-ring (bicyclic) bond motifs is 1. The van der Waals surface area contributed by atoms with Gasteiger partial charge in [-0.1, -0.05) is 26.0 Å². The van der Waals surface area contributed by atoms with Gasteiger partial charge >= 0.3 is 0 Å². The lowest BCUT2D eigenvalue weighted by Gasteiger charge is -2.02. The van der Waals surface area contributed by atoms with Gasteiger partial charge in [0, 0.05) is 24.2 Å². The van der Waals surface area contributed by atoms with Crippen molar-refractivity contribution in [1.29, 1.82) is 0 Å². The minimum absolute atomic E-state index is 0.244. The highest BCUT2D eigenvalue weighted by Crippen LogP contribution is 2.25. The third-order valence-electron chi connectivity index (χ3n) is 3.74. The molecule has 0 aliphatic carbocycles. The van der Waals surface area contributed by atoms with Crippen LogP contribution in [0.4, 0.5) is 10.2 Å². The van der Waals surface area contributed by atoms with Gasteiger partial charge < -0.3 is 10.1 Å². The van der Waals surface area contributed by atoms with Gasteiger partial charge in [-0.2, -0.15) is 0 Å². The number of hydrogen-bond donors (Lipinski definition) is 1. The molecule has 4 nitrogen and oxygen atoms in total. The normalized spacial score (nSPS) is 10.4. The van der Waals surface area contributed by atoms with Crippen LogP contribution < -0.4 is 5.73 Å². The first-order valence-corrected chi connectivity index (χ1v) is 8.16. The van der Waals surface area contributed by atoms with Crippen LogP contribution in [0.3, 0.4) is 0 Å². The largest absolute Gasteiger partial charge is 0.383 e. The number of anilines is 1. The molecule has 0 amide bonds. The topological polar surface area (TPSA) is 56.2 Å². The van der Waals surface area contributed by atoms with Gasteiger partial charge in [0.2, 0.25) is 0 Å². The number of aromatic nitrogens is 3. The molecule has 25 heavy (non-hydrogen) atoms. The van der Waals surface area contributed by atoms with E-state index in [1.807, 2.05) is 54.9 Å². The summed E-state index contributed by atoms with van der Waals surface area (Å²) in [4.78, 5) is 8.67. The van der Waals surface area contributed by atoms with Gasteiger partial charge in [0.1, 0.15) is 17.3 Å². The molecule has 0 saturated heterocycles. The molecule has 1 aromatic carbocycles. The summed E-state index contributed by atoms with van der Waals surface area (Å²) >= 11 is 0. The predicted octanol–water partition coefficient (Wildman–Crippen LogP) is 4.81. The van der Waals surface area contributed by atoms with Crippen molar-refractivity contribution in [3.05, 3.63) is 72.9 Å². The molecule has 0 aliphatic rings. The average Bonchev–Trinajstić information content (AvgIpc) is 3.07. The summed E-state index contributed by atoms with van der Waals surface area (Å²) in [5, 5.41) is 0. The van der Waals surface area contributed by atoms with Gasteiger partial charge in [0.25, 0.3) is 0 Å². The van der Waals surface area contributed by atoms with Crippen LogP contribution >= 0.6 is 0 Å². The van der Waals surface area contributed by atoms with E-state index in [-0.39, 0.29) is 5.82 Å².